The Labute approximate surface area is 247 Å². The Bertz CT molecular complexity index is 1020. The van der Waals surface area contributed by atoms with Crippen LogP contribution < -0.4 is 9.47 Å². The zero-order valence-electron chi connectivity index (χ0n) is 25.3. The van der Waals surface area contributed by atoms with Gasteiger partial charge in [-0.2, -0.15) is 0 Å². The van der Waals surface area contributed by atoms with Gasteiger partial charge in [0, 0.05) is 0 Å². The van der Waals surface area contributed by atoms with E-state index in [1.165, 1.54) is 0 Å². The van der Waals surface area contributed by atoms with Crippen LogP contribution in [0.1, 0.15) is 63.5 Å². The summed E-state index contributed by atoms with van der Waals surface area (Å²) in [5.74, 6) is -5.24. The third kappa shape index (κ3) is 9.49. The quantitative estimate of drug-likeness (QED) is 0.145. The first-order chi connectivity index (χ1) is 20.2. The summed E-state index contributed by atoms with van der Waals surface area (Å²) in [5, 5.41) is 0. The summed E-state index contributed by atoms with van der Waals surface area (Å²) in [6.45, 7) is 6.95. The molecule has 0 saturated heterocycles. The number of rotatable bonds is 17. The maximum absolute atomic E-state index is 13.1. The highest BCUT2D eigenvalue weighted by Gasteiger charge is 2.40. The van der Waals surface area contributed by atoms with Crippen LogP contribution in [-0.4, -0.2) is 64.5 Å². The van der Waals surface area contributed by atoms with Crippen molar-refractivity contribution >= 4 is 23.9 Å². The topological polar surface area (TPSA) is 124 Å². The highest BCUT2D eigenvalue weighted by molar-refractivity contribution is 5.95. The van der Waals surface area contributed by atoms with Gasteiger partial charge in [-0.3, -0.25) is 19.2 Å². The molecule has 230 valence electrons. The van der Waals surface area contributed by atoms with Crippen LogP contribution in [0.25, 0.3) is 0 Å². The Kier molecular flexibility index (Phi) is 14.4. The van der Waals surface area contributed by atoms with E-state index in [4.69, 9.17) is 28.4 Å². The molecule has 2 aromatic carbocycles. The lowest BCUT2D eigenvalue weighted by atomic mass is 9.72. The van der Waals surface area contributed by atoms with Crippen molar-refractivity contribution in [2.45, 2.75) is 52.4 Å². The fourth-order valence-electron chi connectivity index (χ4n) is 4.82. The van der Waals surface area contributed by atoms with Crippen LogP contribution in [0.4, 0.5) is 0 Å². The molecule has 10 heteroatoms. The lowest BCUT2D eigenvalue weighted by molar-refractivity contribution is -0.164. The summed E-state index contributed by atoms with van der Waals surface area (Å²) in [6, 6.07) is 14.4. The highest BCUT2D eigenvalue weighted by atomic mass is 16.6. The smallest absolute Gasteiger partial charge is 0.320 e. The molecule has 2 rings (SSSR count). The maximum Gasteiger partial charge on any atom is 0.320 e. The van der Waals surface area contributed by atoms with Gasteiger partial charge in [0.2, 0.25) is 0 Å². The number of carbonyl (C=O) groups excluding carboxylic acids is 4. The zero-order chi connectivity index (χ0) is 31.1. The molecular formula is C32H42O10. The molecule has 0 fully saturated rings. The average Bonchev–Trinajstić information content (AvgIpc) is 2.99. The molecule has 0 heterocycles. The number of carbonyl (C=O) groups is 4. The Morgan fingerprint density at radius 3 is 0.976 bits per heavy atom. The van der Waals surface area contributed by atoms with E-state index in [0.29, 0.717) is 11.5 Å². The molecule has 0 aliphatic heterocycles. The van der Waals surface area contributed by atoms with Gasteiger partial charge in [-0.15, -0.1) is 0 Å². The first kappa shape index (κ1) is 34.1. The second-order valence-corrected chi connectivity index (χ2v) is 9.34. The number of hydrogen-bond donors (Lipinski definition) is 0. The Balaban J connectivity index is 2.75. The minimum absolute atomic E-state index is 0.0148. The van der Waals surface area contributed by atoms with Crippen LogP contribution >= 0.6 is 0 Å². The van der Waals surface area contributed by atoms with Gasteiger partial charge >= 0.3 is 23.9 Å². The molecular weight excluding hydrogens is 544 g/mol. The number of benzene rings is 2. The molecule has 0 N–H and O–H groups in total. The van der Waals surface area contributed by atoms with E-state index in [2.05, 4.69) is 0 Å². The predicted octanol–water partition coefficient (Wildman–Crippen LogP) is 4.84. The molecule has 0 saturated carbocycles. The van der Waals surface area contributed by atoms with Gasteiger partial charge < -0.3 is 28.4 Å². The van der Waals surface area contributed by atoms with E-state index in [1.807, 2.05) is 24.3 Å². The molecule has 0 spiro atoms. The van der Waals surface area contributed by atoms with Gasteiger partial charge in [0.15, 0.2) is 11.8 Å². The van der Waals surface area contributed by atoms with Gasteiger partial charge in [-0.25, -0.2) is 0 Å². The van der Waals surface area contributed by atoms with Gasteiger partial charge in [-0.1, -0.05) is 24.3 Å². The van der Waals surface area contributed by atoms with Crippen LogP contribution in [0.15, 0.2) is 48.5 Å². The van der Waals surface area contributed by atoms with Crippen molar-refractivity contribution in [2.24, 2.45) is 11.8 Å². The summed E-state index contributed by atoms with van der Waals surface area (Å²) in [4.78, 5) is 52.3. The molecule has 0 radical (unpaired) electrons. The van der Waals surface area contributed by atoms with E-state index >= 15 is 0 Å². The molecule has 2 atom stereocenters. The highest BCUT2D eigenvalue weighted by Crippen LogP contribution is 2.43. The minimum Gasteiger partial charge on any atom is -0.497 e. The van der Waals surface area contributed by atoms with Crippen molar-refractivity contribution in [3.63, 3.8) is 0 Å². The number of methoxy groups -OCH3 is 2. The van der Waals surface area contributed by atoms with Crippen LogP contribution in [0, 0.1) is 11.8 Å². The summed E-state index contributed by atoms with van der Waals surface area (Å²) >= 11 is 0. The van der Waals surface area contributed by atoms with Crippen LogP contribution in [-0.2, 0) is 38.1 Å². The molecule has 0 bridgehead atoms. The zero-order valence-corrected chi connectivity index (χ0v) is 25.3. The number of esters is 4. The summed E-state index contributed by atoms with van der Waals surface area (Å²) in [5.41, 5.74) is 1.50. The molecule has 0 aliphatic rings. The van der Waals surface area contributed by atoms with Crippen molar-refractivity contribution in [1.29, 1.82) is 0 Å². The second-order valence-electron chi connectivity index (χ2n) is 9.34. The normalized spacial score (nSPS) is 12.3. The summed E-state index contributed by atoms with van der Waals surface area (Å²) in [7, 11) is 3.10. The molecule has 10 nitrogen and oxygen atoms in total. The molecule has 0 amide bonds. The average molecular weight is 587 g/mol. The molecule has 42 heavy (non-hydrogen) atoms. The standard InChI is InChI=1S/C32H42O10/c1-7-39-29(33)27(30(34)40-8-2)19-25(21-11-15-23(37-5)16-12-21)26(22-13-17-24(38-6)18-14-22)20-28(31(35)41-9-3)32(36)42-10-4/h11-18,25-28H,7-10,19-20H2,1-6H3/t25-,26-/m0/s1. The number of hydrogen-bond acceptors (Lipinski definition) is 10. The first-order valence-corrected chi connectivity index (χ1v) is 14.2. The fraction of sp³-hybridized carbons (Fsp3) is 0.500. The van der Waals surface area contributed by atoms with Crippen molar-refractivity contribution in [3.8, 4) is 11.5 Å². The largest absolute Gasteiger partial charge is 0.497 e. The fourth-order valence-corrected chi connectivity index (χ4v) is 4.82. The summed E-state index contributed by atoms with van der Waals surface area (Å²) in [6.07, 6.45) is -0.0296. The van der Waals surface area contributed by atoms with E-state index in [0.717, 1.165) is 11.1 Å². The van der Waals surface area contributed by atoms with Crippen molar-refractivity contribution < 1.29 is 47.6 Å². The third-order valence-corrected chi connectivity index (χ3v) is 6.84. The van der Waals surface area contributed by atoms with Crippen LogP contribution in [0.2, 0.25) is 0 Å². The van der Waals surface area contributed by atoms with Crippen molar-refractivity contribution in [1.82, 2.24) is 0 Å². The van der Waals surface area contributed by atoms with E-state index in [-0.39, 0.29) is 39.3 Å². The van der Waals surface area contributed by atoms with E-state index in [1.54, 1.807) is 66.2 Å². The monoisotopic (exact) mass is 586 g/mol. The van der Waals surface area contributed by atoms with Gasteiger partial charge in [-0.05, 0) is 87.8 Å². The predicted molar refractivity (Wildman–Crippen MR) is 154 cm³/mol. The van der Waals surface area contributed by atoms with Gasteiger partial charge in [0.25, 0.3) is 0 Å². The molecule has 0 aromatic heterocycles. The van der Waals surface area contributed by atoms with Crippen molar-refractivity contribution in [2.75, 3.05) is 40.6 Å². The van der Waals surface area contributed by atoms with Gasteiger partial charge in [0.1, 0.15) is 11.5 Å². The van der Waals surface area contributed by atoms with Crippen LogP contribution in [0.5, 0.6) is 11.5 Å². The SMILES string of the molecule is CCOC(=O)C(C[C@@H](c1ccc(OC)cc1)[C@@H](CC(C(=O)OCC)C(=O)OCC)c1ccc(OC)cc1)C(=O)OCC. The third-order valence-electron chi connectivity index (χ3n) is 6.84. The Morgan fingerprint density at radius 2 is 0.762 bits per heavy atom. The van der Waals surface area contributed by atoms with Gasteiger partial charge in [0.05, 0.1) is 40.6 Å². The summed E-state index contributed by atoms with van der Waals surface area (Å²) < 4.78 is 31.7. The Morgan fingerprint density at radius 1 is 0.500 bits per heavy atom. The lowest BCUT2D eigenvalue weighted by Crippen LogP contribution is -2.34. The van der Waals surface area contributed by atoms with Crippen molar-refractivity contribution in [3.05, 3.63) is 59.7 Å². The second kappa shape index (κ2) is 17.7. The molecule has 0 unspecified atom stereocenters. The number of ether oxygens (including phenoxy) is 6. The van der Waals surface area contributed by atoms with E-state index < -0.39 is 47.5 Å². The molecule has 0 aliphatic carbocycles. The minimum atomic E-state index is -1.25. The molecule has 2 aromatic rings. The maximum atomic E-state index is 13.1. The lowest BCUT2D eigenvalue weighted by Gasteiger charge is -2.32. The Hall–Kier alpha value is -4.08. The van der Waals surface area contributed by atoms with Crippen LogP contribution in [0.3, 0.4) is 0 Å². The van der Waals surface area contributed by atoms with E-state index in [9.17, 15) is 19.2 Å². The first-order valence-electron chi connectivity index (χ1n) is 14.2.